The Hall–Kier alpha value is -3.13. The predicted octanol–water partition coefficient (Wildman–Crippen LogP) is -2.37. The van der Waals surface area contributed by atoms with E-state index in [0.29, 0.717) is 5.69 Å². The van der Waals surface area contributed by atoms with Gasteiger partial charge in [-0.2, -0.15) is 12.6 Å². The number of aliphatic carboxylic acids is 2. The minimum absolute atomic E-state index is 0.132. The quantitative estimate of drug-likeness (QED) is 0.148. The number of amides is 3. The van der Waals surface area contributed by atoms with Crippen LogP contribution >= 0.6 is 12.6 Å². The summed E-state index contributed by atoms with van der Waals surface area (Å²) in [4.78, 5) is 65.5. The van der Waals surface area contributed by atoms with Crippen LogP contribution in [0.15, 0.2) is 12.5 Å². The molecule has 31 heavy (non-hydrogen) atoms. The molecule has 0 aliphatic carbocycles. The monoisotopic (exact) mass is 458 g/mol. The highest BCUT2D eigenvalue weighted by atomic mass is 32.1. The topological polar surface area (TPSA) is 217 Å². The van der Waals surface area contributed by atoms with Crippen LogP contribution in [0, 0.1) is 0 Å². The Morgan fingerprint density at radius 2 is 1.71 bits per heavy atom. The molecule has 1 aromatic rings. The summed E-state index contributed by atoms with van der Waals surface area (Å²) in [5.41, 5.74) is 6.44. The van der Waals surface area contributed by atoms with E-state index in [2.05, 4.69) is 38.5 Å². The smallest absolute Gasteiger partial charge is 0.325 e. The van der Waals surface area contributed by atoms with Gasteiger partial charge in [-0.15, -0.1) is 0 Å². The zero-order valence-electron chi connectivity index (χ0n) is 16.7. The zero-order valence-corrected chi connectivity index (χ0v) is 17.6. The Morgan fingerprint density at radius 3 is 2.23 bits per heavy atom. The summed E-state index contributed by atoms with van der Waals surface area (Å²) in [5.74, 6) is -4.96. The lowest BCUT2D eigenvalue weighted by atomic mass is 10.1. The first kappa shape index (κ1) is 25.9. The van der Waals surface area contributed by atoms with E-state index in [1.54, 1.807) is 0 Å². The number of nitrogens with two attached hydrogens (primary N) is 1. The molecular weight excluding hydrogens is 432 g/mol. The van der Waals surface area contributed by atoms with E-state index in [1.165, 1.54) is 19.4 Å². The fourth-order valence-electron chi connectivity index (χ4n) is 2.38. The highest BCUT2D eigenvalue weighted by Gasteiger charge is 2.29. The van der Waals surface area contributed by atoms with E-state index in [0.717, 1.165) is 0 Å². The predicted molar refractivity (Wildman–Crippen MR) is 110 cm³/mol. The average Bonchev–Trinajstić information content (AvgIpc) is 3.21. The molecule has 13 nitrogen and oxygen atoms in total. The van der Waals surface area contributed by atoms with E-state index in [4.69, 9.17) is 15.9 Å². The molecule has 0 aliphatic rings. The van der Waals surface area contributed by atoms with Gasteiger partial charge in [0.15, 0.2) is 0 Å². The van der Waals surface area contributed by atoms with E-state index in [-0.39, 0.29) is 18.6 Å². The third kappa shape index (κ3) is 9.04. The molecule has 14 heteroatoms. The largest absolute Gasteiger partial charge is 0.481 e. The van der Waals surface area contributed by atoms with Crippen molar-refractivity contribution in [1.29, 1.82) is 0 Å². The molecule has 0 saturated carbocycles. The van der Waals surface area contributed by atoms with Crippen LogP contribution in [0.5, 0.6) is 0 Å². The number of carbonyl (C=O) groups excluding carboxylic acids is 3. The normalized spacial score (nSPS) is 14.5. The zero-order chi connectivity index (χ0) is 23.6. The number of hydrogen-bond donors (Lipinski definition) is 8. The van der Waals surface area contributed by atoms with Crippen molar-refractivity contribution in [2.24, 2.45) is 5.73 Å². The molecule has 0 bridgehead atoms. The van der Waals surface area contributed by atoms with Gasteiger partial charge in [0.1, 0.15) is 18.1 Å². The Morgan fingerprint density at radius 1 is 1.10 bits per heavy atom. The van der Waals surface area contributed by atoms with Crippen molar-refractivity contribution in [2.75, 3.05) is 5.75 Å². The maximum absolute atomic E-state index is 12.6. The van der Waals surface area contributed by atoms with Crippen molar-refractivity contribution < 1.29 is 34.2 Å². The first-order valence-corrected chi connectivity index (χ1v) is 9.87. The Balaban J connectivity index is 2.77. The first-order valence-electron chi connectivity index (χ1n) is 9.24. The van der Waals surface area contributed by atoms with Gasteiger partial charge >= 0.3 is 11.9 Å². The number of nitrogens with zero attached hydrogens (tertiary/aromatic N) is 1. The van der Waals surface area contributed by atoms with E-state index >= 15 is 0 Å². The van der Waals surface area contributed by atoms with E-state index in [9.17, 15) is 24.0 Å². The molecule has 1 heterocycles. The lowest BCUT2D eigenvalue weighted by Crippen LogP contribution is -2.57. The van der Waals surface area contributed by atoms with Gasteiger partial charge in [-0.3, -0.25) is 24.0 Å². The molecule has 0 fully saturated rings. The van der Waals surface area contributed by atoms with E-state index < -0.39 is 60.2 Å². The maximum Gasteiger partial charge on any atom is 0.325 e. The molecule has 4 atom stereocenters. The standard InChI is InChI=1S/C17H26N6O7S/c1-8(17(29)30)21-15(27)11(2-3-13(24)25)22-16(28)12(6-31)23-14(26)10(18)4-9-5-19-7-20-9/h5,7-8,10-12,31H,2-4,6,18H2,1H3,(H,19,20)(H,21,27)(H,22,28)(H,23,26)(H,24,25)(H,29,30). The lowest BCUT2D eigenvalue weighted by Gasteiger charge is -2.23. The molecule has 4 unspecified atom stereocenters. The van der Waals surface area contributed by atoms with Crippen molar-refractivity contribution in [3.05, 3.63) is 18.2 Å². The number of hydrogen-bond acceptors (Lipinski definition) is 8. The number of carboxylic acids is 2. The van der Waals surface area contributed by atoms with Gasteiger partial charge in [0.05, 0.1) is 12.4 Å². The minimum atomic E-state index is -1.33. The Kier molecular flexibility index (Phi) is 10.5. The second-order valence-electron chi connectivity index (χ2n) is 6.69. The van der Waals surface area contributed by atoms with Crippen LogP contribution in [0.3, 0.4) is 0 Å². The highest BCUT2D eigenvalue weighted by molar-refractivity contribution is 7.80. The third-order valence-electron chi connectivity index (χ3n) is 4.16. The summed E-state index contributed by atoms with van der Waals surface area (Å²) in [6.45, 7) is 1.22. The van der Waals surface area contributed by atoms with Gasteiger partial charge in [0.25, 0.3) is 0 Å². The molecule has 0 aliphatic heterocycles. The molecule has 1 aromatic heterocycles. The van der Waals surface area contributed by atoms with Gasteiger partial charge in [-0.1, -0.05) is 0 Å². The number of nitrogens with one attached hydrogen (secondary N) is 4. The molecule has 0 spiro atoms. The number of imidazole rings is 1. The van der Waals surface area contributed by atoms with Gasteiger partial charge in [-0.05, 0) is 13.3 Å². The SMILES string of the molecule is CC(NC(=O)C(CCC(=O)O)NC(=O)C(CS)NC(=O)C(N)Cc1cnc[nH]1)C(=O)O. The molecule has 0 radical (unpaired) electrons. The summed E-state index contributed by atoms with van der Waals surface area (Å²) >= 11 is 4.02. The Bertz CT molecular complexity index is 788. The molecule has 1 rings (SSSR count). The van der Waals surface area contributed by atoms with Crippen molar-refractivity contribution in [2.45, 2.75) is 50.4 Å². The lowest BCUT2D eigenvalue weighted by molar-refractivity contribution is -0.142. The van der Waals surface area contributed by atoms with Gasteiger partial charge in [-0.25, -0.2) is 4.98 Å². The number of H-pyrrole nitrogens is 1. The molecule has 0 aromatic carbocycles. The number of rotatable bonds is 13. The van der Waals surface area contributed by atoms with E-state index in [1.807, 2.05) is 0 Å². The third-order valence-corrected chi connectivity index (χ3v) is 4.52. The second-order valence-corrected chi connectivity index (χ2v) is 7.06. The minimum Gasteiger partial charge on any atom is -0.481 e. The second kappa shape index (κ2) is 12.5. The summed E-state index contributed by atoms with van der Waals surface area (Å²) in [5, 5.41) is 24.7. The van der Waals surface area contributed by atoms with Crippen LogP contribution in [-0.4, -0.2) is 79.8 Å². The molecule has 0 saturated heterocycles. The summed E-state index contributed by atoms with van der Waals surface area (Å²) in [6, 6.07) is -4.74. The van der Waals surface area contributed by atoms with Crippen molar-refractivity contribution in [1.82, 2.24) is 25.9 Å². The number of aromatic amines is 1. The van der Waals surface area contributed by atoms with Crippen molar-refractivity contribution >= 4 is 42.3 Å². The van der Waals surface area contributed by atoms with Crippen LogP contribution in [0.2, 0.25) is 0 Å². The van der Waals surface area contributed by atoms with Crippen LogP contribution in [0.25, 0.3) is 0 Å². The van der Waals surface area contributed by atoms with Crippen LogP contribution in [0.4, 0.5) is 0 Å². The first-order chi connectivity index (χ1) is 14.5. The fraction of sp³-hybridized carbons (Fsp3) is 0.529. The maximum atomic E-state index is 12.6. The highest BCUT2D eigenvalue weighted by Crippen LogP contribution is 2.02. The summed E-state index contributed by atoms with van der Waals surface area (Å²) in [6.07, 6.45) is 2.33. The Labute approximate surface area is 183 Å². The average molecular weight is 458 g/mol. The van der Waals surface area contributed by atoms with Gasteiger partial charge in [0.2, 0.25) is 17.7 Å². The summed E-state index contributed by atoms with van der Waals surface area (Å²) in [7, 11) is 0. The van der Waals surface area contributed by atoms with Gasteiger partial charge < -0.3 is 36.9 Å². The van der Waals surface area contributed by atoms with Crippen LogP contribution in [0.1, 0.15) is 25.5 Å². The number of carboxylic acid groups (broad SMARTS) is 2. The van der Waals surface area contributed by atoms with Crippen LogP contribution < -0.4 is 21.7 Å². The molecule has 172 valence electrons. The molecular formula is C17H26N6O7S. The fourth-order valence-corrected chi connectivity index (χ4v) is 2.64. The van der Waals surface area contributed by atoms with Crippen LogP contribution in [-0.2, 0) is 30.4 Å². The number of aromatic nitrogens is 2. The van der Waals surface area contributed by atoms with Crippen molar-refractivity contribution in [3.63, 3.8) is 0 Å². The molecule has 8 N–H and O–H groups in total. The summed E-state index contributed by atoms with van der Waals surface area (Å²) < 4.78 is 0. The van der Waals surface area contributed by atoms with Gasteiger partial charge in [0, 0.05) is 30.5 Å². The number of thiol groups is 1. The molecule has 3 amide bonds. The number of carbonyl (C=O) groups is 5. The van der Waals surface area contributed by atoms with Crippen molar-refractivity contribution in [3.8, 4) is 0 Å².